The summed E-state index contributed by atoms with van der Waals surface area (Å²) in [6.07, 6.45) is 3.76. The van der Waals surface area contributed by atoms with Gasteiger partial charge in [0.2, 0.25) is 5.91 Å². The Kier molecular flexibility index (Phi) is 5.25. The van der Waals surface area contributed by atoms with Crippen LogP contribution < -0.4 is 5.32 Å². The molecule has 0 atom stereocenters. The predicted molar refractivity (Wildman–Crippen MR) is 90.7 cm³/mol. The van der Waals surface area contributed by atoms with Crippen molar-refractivity contribution in [2.75, 3.05) is 26.3 Å². The van der Waals surface area contributed by atoms with Crippen LogP contribution in [0, 0.1) is 5.92 Å². The van der Waals surface area contributed by atoms with E-state index in [1.54, 1.807) is 6.92 Å². The quantitative estimate of drug-likeness (QED) is 0.858. The number of likely N-dealkylation sites (tertiary alicyclic amines) is 1. The van der Waals surface area contributed by atoms with Gasteiger partial charge in [-0.1, -0.05) is 19.0 Å². The lowest BCUT2D eigenvalue weighted by molar-refractivity contribution is -0.130. The van der Waals surface area contributed by atoms with Gasteiger partial charge in [0.1, 0.15) is 5.76 Å². The molecule has 0 radical (unpaired) electrons. The zero-order chi connectivity index (χ0) is 17.2. The van der Waals surface area contributed by atoms with Crippen LogP contribution in [-0.4, -0.2) is 53.8 Å². The molecule has 3 rings (SSSR count). The number of aromatic nitrogens is 1. The van der Waals surface area contributed by atoms with Gasteiger partial charge in [-0.05, 0) is 18.8 Å². The Labute approximate surface area is 143 Å². The van der Waals surface area contributed by atoms with E-state index in [1.165, 1.54) is 0 Å². The van der Waals surface area contributed by atoms with Gasteiger partial charge >= 0.3 is 0 Å². The van der Waals surface area contributed by atoms with Crippen LogP contribution in [0.15, 0.2) is 10.6 Å². The van der Waals surface area contributed by atoms with E-state index in [9.17, 15) is 4.79 Å². The second-order valence-electron chi connectivity index (χ2n) is 7.76. The number of nitrogens with zero attached hydrogens (tertiary/aromatic N) is 2. The first kappa shape index (κ1) is 17.4. The summed E-state index contributed by atoms with van der Waals surface area (Å²) >= 11 is 0. The van der Waals surface area contributed by atoms with Crippen LogP contribution in [0.5, 0.6) is 0 Å². The summed E-state index contributed by atoms with van der Waals surface area (Å²) in [5, 5.41) is 8.02. The normalized spacial score (nSPS) is 21.1. The standard InChI is InChI=1S/C18H29N3O3/c1-13(2)8-17-9-16(20-24-17)10-18(11-23-12-18)19-15-4-6-21(7-5-15)14(3)22/h9,13,15,19H,4-8,10-12H2,1-3H3. The van der Waals surface area contributed by atoms with E-state index in [0.29, 0.717) is 25.2 Å². The van der Waals surface area contributed by atoms with E-state index in [4.69, 9.17) is 9.26 Å². The molecule has 2 aliphatic rings. The molecule has 0 spiro atoms. The second kappa shape index (κ2) is 7.23. The van der Waals surface area contributed by atoms with Crippen molar-refractivity contribution < 1.29 is 14.1 Å². The first-order valence-electron chi connectivity index (χ1n) is 9.01. The molecule has 2 aliphatic heterocycles. The first-order chi connectivity index (χ1) is 11.5. The average molecular weight is 335 g/mol. The highest BCUT2D eigenvalue weighted by molar-refractivity contribution is 5.73. The Balaban J connectivity index is 1.55. The number of carbonyl (C=O) groups excluding carboxylic acids is 1. The average Bonchev–Trinajstić information content (AvgIpc) is 2.91. The summed E-state index contributed by atoms with van der Waals surface area (Å²) in [5.74, 6) is 1.71. The maximum atomic E-state index is 11.4. The topological polar surface area (TPSA) is 67.6 Å². The summed E-state index contributed by atoms with van der Waals surface area (Å²) in [4.78, 5) is 13.4. The van der Waals surface area contributed by atoms with Gasteiger partial charge in [0.15, 0.2) is 0 Å². The summed E-state index contributed by atoms with van der Waals surface area (Å²) < 4.78 is 11.0. The van der Waals surface area contributed by atoms with Gasteiger partial charge in [-0.25, -0.2) is 0 Å². The maximum Gasteiger partial charge on any atom is 0.219 e. The molecule has 1 aromatic heterocycles. The fourth-order valence-electron chi connectivity index (χ4n) is 3.64. The minimum absolute atomic E-state index is 0.0327. The van der Waals surface area contributed by atoms with Crippen LogP contribution in [0.25, 0.3) is 0 Å². The molecule has 6 nitrogen and oxygen atoms in total. The zero-order valence-electron chi connectivity index (χ0n) is 15.0. The van der Waals surface area contributed by atoms with E-state index >= 15 is 0 Å². The number of nitrogens with one attached hydrogen (secondary N) is 1. The number of ether oxygens (including phenoxy) is 1. The number of piperidine rings is 1. The van der Waals surface area contributed by atoms with Crippen LogP contribution in [0.2, 0.25) is 0 Å². The molecule has 134 valence electrons. The van der Waals surface area contributed by atoms with Crippen LogP contribution in [-0.2, 0) is 22.4 Å². The summed E-state index contributed by atoms with van der Waals surface area (Å²) in [7, 11) is 0. The third-order valence-electron chi connectivity index (χ3n) is 4.94. The summed E-state index contributed by atoms with van der Waals surface area (Å²) in [6.45, 7) is 9.11. The lowest BCUT2D eigenvalue weighted by Crippen LogP contribution is -2.65. The third-order valence-corrected chi connectivity index (χ3v) is 4.94. The fourth-order valence-corrected chi connectivity index (χ4v) is 3.64. The Morgan fingerprint density at radius 3 is 2.67 bits per heavy atom. The van der Waals surface area contributed by atoms with E-state index in [2.05, 4.69) is 30.4 Å². The monoisotopic (exact) mass is 335 g/mol. The number of rotatable bonds is 6. The SMILES string of the molecule is CC(=O)N1CCC(NC2(Cc3cc(CC(C)C)on3)COC2)CC1. The first-order valence-corrected chi connectivity index (χ1v) is 9.01. The highest BCUT2D eigenvalue weighted by Crippen LogP contribution is 2.25. The van der Waals surface area contributed by atoms with Gasteiger partial charge in [-0.15, -0.1) is 0 Å². The van der Waals surface area contributed by atoms with Crippen LogP contribution in [0.3, 0.4) is 0 Å². The molecule has 1 aromatic rings. The Morgan fingerprint density at radius 1 is 1.42 bits per heavy atom. The predicted octanol–water partition coefficient (Wildman–Crippen LogP) is 1.79. The number of hydrogen-bond acceptors (Lipinski definition) is 5. The molecule has 0 unspecified atom stereocenters. The van der Waals surface area contributed by atoms with Gasteiger partial charge in [0.25, 0.3) is 0 Å². The van der Waals surface area contributed by atoms with Crippen molar-refractivity contribution in [2.45, 2.75) is 58.0 Å². The maximum absolute atomic E-state index is 11.4. The van der Waals surface area contributed by atoms with Crippen LogP contribution in [0.1, 0.15) is 45.1 Å². The Hall–Kier alpha value is -1.40. The van der Waals surface area contributed by atoms with Crippen molar-refractivity contribution >= 4 is 5.91 Å². The zero-order valence-corrected chi connectivity index (χ0v) is 15.0. The minimum Gasteiger partial charge on any atom is -0.377 e. The molecular weight excluding hydrogens is 306 g/mol. The number of amides is 1. The van der Waals surface area contributed by atoms with E-state index in [-0.39, 0.29) is 11.4 Å². The fraction of sp³-hybridized carbons (Fsp3) is 0.778. The molecule has 0 bridgehead atoms. The van der Waals surface area contributed by atoms with E-state index in [0.717, 1.165) is 50.2 Å². The van der Waals surface area contributed by atoms with Gasteiger partial charge in [-0.2, -0.15) is 0 Å². The van der Waals surface area contributed by atoms with E-state index < -0.39 is 0 Å². The third kappa shape index (κ3) is 4.16. The van der Waals surface area contributed by atoms with Gasteiger partial charge in [-0.3, -0.25) is 4.79 Å². The summed E-state index contributed by atoms with van der Waals surface area (Å²) in [6, 6.07) is 2.52. The van der Waals surface area contributed by atoms with Crippen molar-refractivity contribution in [1.82, 2.24) is 15.4 Å². The van der Waals surface area contributed by atoms with Gasteiger partial charge < -0.3 is 19.5 Å². The molecule has 2 fully saturated rings. The molecule has 1 amide bonds. The largest absolute Gasteiger partial charge is 0.377 e. The summed E-state index contributed by atoms with van der Waals surface area (Å²) in [5.41, 5.74) is 0.970. The molecule has 0 aliphatic carbocycles. The highest BCUT2D eigenvalue weighted by Gasteiger charge is 2.41. The lowest BCUT2D eigenvalue weighted by atomic mass is 9.88. The van der Waals surface area contributed by atoms with Crippen LogP contribution in [0.4, 0.5) is 0 Å². The van der Waals surface area contributed by atoms with Crippen molar-refractivity contribution in [2.24, 2.45) is 5.92 Å². The minimum atomic E-state index is -0.0327. The van der Waals surface area contributed by atoms with Crippen LogP contribution >= 0.6 is 0 Å². The number of hydrogen-bond donors (Lipinski definition) is 1. The molecule has 1 N–H and O–H groups in total. The molecule has 3 heterocycles. The molecule has 2 saturated heterocycles. The van der Waals surface area contributed by atoms with Gasteiger partial charge in [0, 0.05) is 45.0 Å². The lowest BCUT2D eigenvalue weighted by Gasteiger charge is -2.46. The number of carbonyl (C=O) groups is 1. The van der Waals surface area contributed by atoms with Crippen molar-refractivity contribution in [3.63, 3.8) is 0 Å². The van der Waals surface area contributed by atoms with E-state index in [1.807, 2.05) is 4.90 Å². The second-order valence-corrected chi connectivity index (χ2v) is 7.76. The van der Waals surface area contributed by atoms with Crippen molar-refractivity contribution in [3.8, 4) is 0 Å². The molecular formula is C18H29N3O3. The molecule has 6 heteroatoms. The highest BCUT2D eigenvalue weighted by atomic mass is 16.5. The Bertz CT molecular complexity index is 558. The van der Waals surface area contributed by atoms with Crippen molar-refractivity contribution in [1.29, 1.82) is 0 Å². The van der Waals surface area contributed by atoms with Crippen molar-refractivity contribution in [3.05, 3.63) is 17.5 Å². The van der Waals surface area contributed by atoms with Gasteiger partial charge in [0.05, 0.1) is 24.4 Å². The molecule has 0 aromatic carbocycles. The molecule has 0 saturated carbocycles. The molecule has 24 heavy (non-hydrogen) atoms. The Morgan fingerprint density at radius 2 is 2.12 bits per heavy atom. The smallest absolute Gasteiger partial charge is 0.219 e.